The molecule has 1 aromatic carbocycles. The molecule has 0 fully saturated rings. The Bertz CT molecular complexity index is 905. The molecular weight excluding hydrogens is 388 g/mol. The topological polar surface area (TPSA) is 103 Å². The summed E-state index contributed by atoms with van der Waals surface area (Å²) in [7, 11) is 0. The highest BCUT2D eigenvalue weighted by atomic mass is 32.2. The number of aryl methyl sites for hydroxylation is 1. The molecule has 0 saturated carbocycles. The van der Waals surface area contributed by atoms with E-state index in [2.05, 4.69) is 49.5 Å². The minimum absolute atomic E-state index is 0.00798. The predicted molar refractivity (Wildman–Crippen MR) is 111 cm³/mol. The van der Waals surface area contributed by atoms with Gasteiger partial charge in [-0.15, -0.1) is 15.3 Å². The highest BCUT2D eigenvalue weighted by Crippen LogP contribution is 2.16. The van der Waals surface area contributed by atoms with Gasteiger partial charge in [0.25, 0.3) is 0 Å². The molecular formula is C19H26N8OS. The molecule has 0 radical (unpaired) electrons. The van der Waals surface area contributed by atoms with Crippen LogP contribution in [0.4, 0.5) is 0 Å². The summed E-state index contributed by atoms with van der Waals surface area (Å²) in [5.74, 6) is 1.52. The molecule has 0 saturated heterocycles. The monoisotopic (exact) mass is 414 g/mol. The van der Waals surface area contributed by atoms with Crippen LogP contribution >= 0.6 is 11.8 Å². The SMILES string of the molecule is CSc1nnc(CCCNC(=O)Cc2ccc(-n3cnnn3)cc2)n1CC(C)C. The Kier molecular flexibility index (Phi) is 7.34. The van der Waals surface area contributed by atoms with E-state index < -0.39 is 0 Å². The Balaban J connectivity index is 1.44. The molecule has 2 heterocycles. The van der Waals surface area contributed by atoms with Gasteiger partial charge in [0.15, 0.2) is 5.16 Å². The molecule has 0 aliphatic carbocycles. The molecule has 1 N–H and O–H groups in total. The first-order valence-electron chi connectivity index (χ1n) is 9.62. The second-order valence-electron chi connectivity index (χ2n) is 7.16. The van der Waals surface area contributed by atoms with Gasteiger partial charge in [-0.2, -0.15) is 0 Å². The van der Waals surface area contributed by atoms with Crippen molar-refractivity contribution in [2.75, 3.05) is 12.8 Å². The molecule has 0 atom stereocenters. The molecule has 9 nitrogen and oxygen atoms in total. The lowest BCUT2D eigenvalue weighted by atomic mass is 10.1. The third-order valence-electron chi connectivity index (χ3n) is 4.34. The summed E-state index contributed by atoms with van der Waals surface area (Å²) in [4.78, 5) is 12.2. The van der Waals surface area contributed by atoms with Gasteiger partial charge in [-0.05, 0) is 46.7 Å². The number of aromatic nitrogens is 7. The van der Waals surface area contributed by atoms with Crippen LogP contribution in [-0.4, -0.2) is 53.7 Å². The minimum atomic E-state index is 0.00798. The van der Waals surface area contributed by atoms with Crippen LogP contribution < -0.4 is 5.32 Å². The Morgan fingerprint density at radius 1 is 1.21 bits per heavy atom. The van der Waals surface area contributed by atoms with Gasteiger partial charge in [0.05, 0.1) is 12.1 Å². The molecule has 10 heteroatoms. The molecule has 0 bridgehead atoms. The standard InChI is InChI=1S/C19H26N8OS/c1-14(2)12-26-17(22-23-19(26)29-3)5-4-10-20-18(28)11-15-6-8-16(9-7-15)27-13-21-24-25-27/h6-9,13-14H,4-5,10-12H2,1-3H3,(H,20,28). The quantitative estimate of drug-likeness (QED) is 0.399. The van der Waals surface area contributed by atoms with Gasteiger partial charge in [-0.25, -0.2) is 4.68 Å². The molecule has 29 heavy (non-hydrogen) atoms. The van der Waals surface area contributed by atoms with Crippen molar-refractivity contribution >= 4 is 17.7 Å². The van der Waals surface area contributed by atoms with Gasteiger partial charge in [0.1, 0.15) is 12.2 Å². The Hall–Kier alpha value is -2.75. The molecule has 1 amide bonds. The number of amides is 1. The smallest absolute Gasteiger partial charge is 0.224 e. The Morgan fingerprint density at radius 3 is 2.66 bits per heavy atom. The maximum Gasteiger partial charge on any atom is 0.224 e. The molecule has 154 valence electrons. The van der Waals surface area contributed by atoms with Crippen molar-refractivity contribution in [3.63, 3.8) is 0 Å². The summed E-state index contributed by atoms with van der Waals surface area (Å²) < 4.78 is 3.76. The van der Waals surface area contributed by atoms with Crippen molar-refractivity contribution in [1.29, 1.82) is 0 Å². The average Bonchev–Trinajstić information content (AvgIpc) is 3.36. The van der Waals surface area contributed by atoms with Crippen molar-refractivity contribution in [2.24, 2.45) is 5.92 Å². The highest BCUT2D eigenvalue weighted by Gasteiger charge is 2.12. The Morgan fingerprint density at radius 2 is 2.00 bits per heavy atom. The molecule has 0 aliphatic rings. The lowest BCUT2D eigenvalue weighted by Crippen LogP contribution is -2.26. The number of tetrazole rings is 1. The minimum Gasteiger partial charge on any atom is -0.356 e. The van der Waals surface area contributed by atoms with Gasteiger partial charge in [-0.1, -0.05) is 37.7 Å². The predicted octanol–water partition coefficient (Wildman–Crippen LogP) is 1.92. The molecule has 0 spiro atoms. The van der Waals surface area contributed by atoms with Crippen LogP contribution in [0.15, 0.2) is 35.7 Å². The van der Waals surface area contributed by atoms with E-state index in [0.29, 0.717) is 18.9 Å². The van der Waals surface area contributed by atoms with Crippen molar-refractivity contribution in [3.8, 4) is 5.69 Å². The first-order valence-corrected chi connectivity index (χ1v) is 10.8. The van der Waals surface area contributed by atoms with Crippen LogP contribution in [0.2, 0.25) is 0 Å². The van der Waals surface area contributed by atoms with Gasteiger partial charge in [0, 0.05) is 19.5 Å². The fourth-order valence-electron chi connectivity index (χ4n) is 2.97. The van der Waals surface area contributed by atoms with E-state index in [1.807, 2.05) is 30.5 Å². The summed E-state index contributed by atoms with van der Waals surface area (Å²) in [5.41, 5.74) is 1.80. The zero-order valence-electron chi connectivity index (χ0n) is 16.9. The number of hydrogen-bond acceptors (Lipinski definition) is 7. The largest absolute Gasteiger partial charge is 0.356 e. The first kappa shape index (κ1) is 21.0. The van der Waals surface area contributed by atoms with E-state index in [0.717, 1.165) is 41.6 Å². The number of hydrogen-bond donors (Lipinski definition) is 1. The van der Waals surface area contributed by atoms with Crippen molar-refractivity contribution in [2.45, 2.75) is 44.8 Å². The molecule has 3 rings (SSSR count). The Labute approximate surface area is 174 Å². The lowest BCUT2D eigenvalue weighted by molar-refractivity contribution is -0.120. The van der Waals surface area contributed by atoms with Gasteiger partial charge >= 0.3 is 0 Å². The fraction of sp³-hybridized carbons (Fsp3) is 0.474. The third-order valence-corrected chi connectivity index (χ3v) is 5.00. The normalized spacial score (nSPS) is 11.2. The van der Waals surface area contributed by atoms with E-state index in [4.69, 9.17) is 0 Å². The molecule has 0 unspecified atom stereocenters. The van der Waals surface area contributed by atoms with E-state index in [-0.39, 0.29) is 5.91 Å². The summed E-state index contributed by atoms with van der Waals surface area (Å²) in [6.07, 6.45) is 5.51. The number of carbonyl (C=O) groups excluding carboxylic acids is 1. The first-order chi connectivity index (χ1) is 14.1. The summed E-state index contributed by atoms with van der Waals surface area (Å²) in [6.45, 7) is 5.89. The fourth-order valence-corrected chi connectivity index (χ4v) is 3.49. The van der Waals surface area contributed by atoms with E-state index in [1.165, 1.54) is 6.33 Å². The number of benzene rings is 1. The van der Waals surface area contributed by atoms with E-state index in [1.54, 1.807) is 16.4 Å². The van der Waals surface area contributed by atoms with Crippen molar-refractivity contribution in [3.05, 3.63) is 42.0 Å². The van der Waals surface area contributed by atoms with Crippen LogP contribution in [0.25, 0.3) is 5.69 Å². The number of carbonyl (C=O) groups is 1. The third kappa shape index (κ3) is 5.86. The zero-order valence-corrected chi connectivity index (χ0v) is 17.8. The van der Waals surface area contributed by atoms with Crippen LogP contribution in [0, 0.1) is 5.92 Å². The number of rotatable bonds is 10. The molecule has 0 aliphatic heterocycles. The van der Waals surface area contributed by atoms with Gasteiger partial charge in [-0.3, -0.25) is 4.79 Å². The van der Waals surface area contributed by atoms with E-state index in [9.17, 15) is 4.79 Å². The van der Waals surface area contributed by atoms with Crippen LogP contribution in [0.3, 0.4) is 0 Å². The second-order valence-corrected chi connectivity index (χ2v) is 7.93. The van der Waals surface area contributed by atoms with Crippen molar-refractivity contribution < 1.29 is 4.79 Å². The summed E-state index contributed by atoms with van der Waals surface area (Å²) in [5, 5.41) is 23.6. The number of nitrogens with one attached hydrogen (secondary N) is 1. The summed E-state index contributed by atoms with van der Waals surface area (Å²) in [6, 6.07) is 7.61. The van der Waals surface area contributed by atoms with E-state index >= 15 is 0 Å². The molecule has 3 aromatic rings. The van der Waals surface area contributed by atoms with Crippen LogP contribution in [-0.2, 0) is 24.2 Å². The van der Waals surface area contributed by atoms with Crippen LogP contribution in [0.1, 0.15) is 31.7 Å². The van der Waals surface area contributed by atoms with Crippen molar-refractivity contribution in [1.82, 2.24) is 40.3 Å². The number of thioether (sulfide) groups is 1. The maximum absolute atomic E-state index is 12.2. The van der Waals surface area contributed by atoms with Gasteiger partial charge in [0.2, 0.25) is 5.91 Å². The van der Waals surface area contributed by atoms with Crippen LogP contribution in [0.5, 0.6) is 0 Å². The highest BCUT2D eigenvalue weighted by molar-refractivity contribution is 7.98. The molecule has 2 aromatic heterocycles. The maximum atomic E-state index is 12.2. The average molecular weight is 415 g/mol. The number of nitrogens with zero attached hydrogens (tertiary/aromatic N) is 7. The second kappa shape index (κ2) is 10.1. The lowest BCUT2D eigenvalue weighted by Gasteiger charge is -2.11. The van der Waals surface area contributed by atoms with Gasteiger partial charge < -0.3 is 9.88 Å². The zero-order chi connectivity index (χ0) is 20.6. The summed E-state index contributed by atoms with van der Waals surface area (Å²) >= 11 is 1.61.